The Balaban J connectivity index is 0.834. The van der Waals surface area contributed by atoms with Crippen molar-refractivity contribution in [2.75, 3.05) is 26.9 Å². The molecule has 0 aromatic heterocycles. The van der Waals surface area contributed by atoms with E-state index in [4.69, 9.17) is 52.1 Å². The van der Waals surface area contributed by atoms with Crippen molar-refractivity contribution >= 4 is 0 Å². The molecule has 430 valence electrons. The lowest BCUT2D eigenvalue weighted by atomic mass is 9.46. The molecule has 0 bridgehead atoms. The van der Waals surface area contributed by atoms with Crippen molar-refractivity contribution in [3.63, 3.8) is 0 Å². The predicted molar refractivity (Wildman–Crippen MR) is 253 cm³/mol. The monoisotopic (exact) mass is 1080 g/mol. The van der Waals surface area contributed by atoms with E-state index < -0.39 is 154 Å². The van der Waals surface area contributed by atoms with Gasteiger partial charge in [-0.05, 0) is 100 Å². The second kappa shape index (κ2) is 21.3. The highest BCUT2D eigenvalue weighted by atomic mass is 16.8. The van der Waals surface area contributed by atoms with Gasteiger partial charge < -0.3 is 113 Å². The molecular formula is C52H84O23. The predicted octanol–water partition coefficient (Wildman–Crippen LogP) is -2.19. The number of fused-ring (bicyclic) bond motifs is 7. The highest BCUT2D eigenvalue weighted by molar-refractivity contribution is 5.29. The van der Waals surface area contributed by atoms with Gasteiger partial charge in [0.25, 0.3) is 0 Å². The van der Waals surface area contributed by atoms with Crippen LogP contribution < -0.4 is 0 Å². The van der Waals surface area contributed by atoms with Gasteiger partial charge in [0.2, 0.25) is 0 Å². The number of rotatable bonds is 12. The van der Waals surface area contributed by atoms with Crippen LogP contribution in [0.15, 0.2) is 11.6 Å². The van der Waals surface area contributed by atoms with E-state index in [1.54, 1.807) is 7.11 Å². The molecule has 6 heterocycles. The Bertz CT molecular complexity index is 2020. The number of aliphatic hydroxyl groups excluding tert-OH is 12. The van der Waals surface area contributed by atoms with E-state index in [9.17, 15) is 61.3 Å². The maximum atomic E-state index is 12.1. The van der Waals surface area contributed by atoms with Gasteiger partial charge in [-0.1, -0.05) is 32.4 Å². The average molecular weight is 1080 g/mol. The van der Waals surface area contributed by atoms with Crippen LogP contribution in [0.25, 0.3) is 0 Å². The molecule has 1 spiro atoms. The van der Waals surface area contributed by atoms with Crippen LogP contribution in [-0.2, 0) is 52.1 Å². The van der Waals surface area contributed by atoms with Crippen molar-refractivity contribution in [1.29, 1.82) is 0 Å². The fourth-order valence-corrected chi connectivity index (χ4v) is 15.8. The molecule has 23 heteroatoms. The third-order valence-electron chi connectivity index (χ3n) is 20.1. The Labute approximate surface area is 436 Å². The number of aliphatic hydroxyl groups is 12. The minimum Gasteiger partial charge on any atom is -0.394 e. The van der Waals surface area contributed by atoms with Crippen molar-refractivity contribution in [3.8, 4) is 0 Å². The summed E-state index contributed by atoms with van der Waals surface area (Å²) in [5.74, 6) is 0.117. The molecule has 32 atom stereocenters. The van der Waals surface area contributed by atoms with Crippen molar-refractivity contribution in [2.24, 2.45) is 40.4 Å². The normalized spacial score (nSPS) is 57.8. The summed E-state index contributed by atoms with van der Waals surface area (Å²) in [6.07, 6.45) is -21.9. The Kier molecular flexibility index (Phi) is 16.2. The summed E-state index contributed by atoms with van der Waals surface area (Å²) >= 11 is 0. The van der Waals surface area contributed by atoms with Crippen LogP contribution in [0, 0.1) is 40.4 Å². The molecule has 3 saturated carbocycles. The lowest BCUT2D eigenvalue weighted by Crippen LogP contribution is -2.66. The molecule has 6 saturated heterocycles. The molecule has 10 rings (SSSR count). The van der Waals surface area contributed by atoms with Crippen LogP contribution >= 0.6 is 0 Å². The average Bonchev–Trinajstić information content (AvgIpc) is 4.01. The van der Waals surface area contributed by atoms with Crippen molar-refractivity contribution < 1.29 is 113 Å². The smallest absolute Gasteiger partial charge is 0.187 e. The lowest BCUT2D eigenvalue weighted by molar-refractivity contribution is -0.388. The number of hydrogen-bond donors (Lipinski definition) is 12. The fourth-order valence-electron chi connectivity index (χ4n) is 15.8. The first-order valence-corrected chi connectivity index (χ1v) is 27.3. The van der Waals surface area contributed by atoms with Crippen molar-refractivity contribution in [3.05, 3.63) is 11.6 Å². The molecule has 9 fully saturated rings. The summed E-state index contributed by atoms with van der Waals surface area (Å²) in [6.45, 7) is 10.6. The van der Waals surface area contributed by atoms with Crippen LogP contribution in [0.2, 0.25) is 0 Å². The Morgan fingerprint density at radius 2 is 1.20 bits per heavy atom. The summed E-state index contributed by atoms with van der Waals surface area (Å²) in [6, 6.07) is 0. The van der Waals surface area contributed by atoms with Gasteiger partial charge in [0.15, 0.2) is 30.9 Å². The highest BCUT2D eigenvalue weighted by Gasteiger charge is 2.71. The standard InChI is InChI=1S/C52H84O23/c1-20-32-28(74-52(20)13-12-49(4,75-52)19-66-45-39(61)38(60)35(57)29(17-53)70-45)16-26-31-25(9-11-51(26,32)6)50(5)10-8-24(14-23(50)15-27(31)65-7)69-48-44(73-47-41(63)37(59)34(56)22(3)68-47)42(64)43(30(18-54)71-48)72-46-40(62)36(58)33(55)21(2)67-46/h15,20-22,24-48,53-64H,8-14,16-19H2,1-7H3/t20-,21-,22-,24-,25-,26-,27+,28-,29+,30+,31+,32-,33-,34-,35-,36+,37+,38-,39+,40+,41+,42-,43-,44+,45+,46-,47-,48+,49-,50-,51-,52-/m0/s1. The van der Waals surface area contributed by atoms with Crippen LogP contribution in [0.3, 0.4) is 0 Å². The van der Waals surface area contributed by atoms with Crippen LogP contribution in [0.5, 0.6) is 0 Å². The molecule has 23 nitrogen and oxygen atoms in total. The molecule has 0 aromatic rings. The quantitative estimate of drug-likeness (QED) is 0.0924. The number of hydrogen-bond acceptors (Lipinski definition) is 23. The summed E-state index contributed by atoms with van der Waals surface area (Å²) in [4.78, 5) is 0. The lowest BCUT2D eigenvalue weighted by Gasteiger charge is -2.60. The summed E-state index contributed by atoms with van der Waals surface area (Å²) < 4.78 is 68.8. The van der Waals surface area contributed by atoms with E-state index >= 15 is 0 Å². The molecule has 6 aliphatic heterocycles. The second-order valence-corrected chi connectivity index (χ2v) is 24.5. The van der Waals surface area contributed by atoms with E-state index in [0.717, 1.165) is 25.7 Å². The van der Waals surface area contributed by atoms with E-state index in [-0.39, 0.29) is 59.2 Å². The van der Waals surface area contributed by atoms with Crippen LogP contribution in [0.4, 0.5) is 0 Å². The SMILES string of the molecule is CO[C@@H]1C=C2C[C@@H](O[C@@H]3O[C@H](CO)[C@H](O[C@@H]4O[C@@H](C)[C@H](O)[C@@H](O)[C@H]4O)[C@H](O)[C@H]3O[C@@H]3O[C@@H](C)[C@H](O)[C@@H](O)[C@H]3O)CC[C@]2(C)[C@H]2CC[C@]3(C)[C@@H]4[C@H](C[C@H]3[C@H]12)O[C@]1(CC[C@@](C)(CO[C@@H]2O[C@H](CO)[C@H](O)[C@H](O)[C@H]2O)O1)[C@H]4C. The Morgan fingerprint density at radius 3 is 1.83 bits per heavy atom. The third-order valence-corrected chi connectivity index (χ3v) is 20.1. The first kappa shape index (κ1) is 57.1. The molecule has 4 aliphatic carbocycles. The molecule has 0 radical (unpaired) electrons. The summed E-state index contributed by atoms with van der Waals surface area (Å²) in [5.41, 5.74) is 0.0575. The van der Waals surface area contributed by atoms with Crippen molar-refractivity contribution in [2.45, 2.75) is 245 Å². The van der Waals surface area contributed by atoms with Gasteiger partial charge in [0.05, 0.1) is 55.9 Å². The van der Waals surface area contributed by atoms with E-state index in [1.807, 2.05) is 6.92 Å². The molecular weight excluding hydrogens is 993 g/mol. The Hall–Kier alpha value is -1.18. The number of methoxy groups -OCH3 is 1. The molecule has 10 aliphatic rings. The minimum absolute atomic E-state index is 0.0281. The first-order chi connectivity index (χ1) is 35.4. The fraction of sp³-hybridized carbons (Fsp3) is 0.962. The van der Waals surface area contributed by atoms with E-state index in [1.165, 1.54) is 19.4 Å². The van der Waals surface area contributed by atoms with Crippen LogP contribution in [0.1, 0.15) is 92.9 Å². The van der Waals surface area contributed by atoms with Gasteiger partial charge in [-0.2, -0.15) is 0 Å². The summed E-state index contributed by atoms with van der Waals surface area (Å²) in [7, 11) is 1.75. The van der Waals surface area contributed by atoms with E-state index in [0.29, 0.717) is 25.7 Å². The second-order valence-electron chi connectivity index (χ2n) is 24.5. The Morgan fingerprint density at radius 1 is 0.600 bits per heavy atom. The molecule has 0 unspecified atom stereocenters. The van der Waals surface area contributed by atoms with Gasteiger partial charge in [-0.25, -0.2) is 0 Å². The number of ether oxygens (including phenoxy) is 11. The van der Waals surface area contributed by atoms with Gasteiger partial charge in [-0.15, -0.1) is 0 Å². The molecule has 0 aromatic carbocycles. The van der Waals surface area contributed by atoms with E-state index in [2.05, 4.69) is 26.8 Å². The van der Waals surface area contributed by atoms with Gasteiger partial charge >= 0.3 is 0 Å². The first-order valence-electron chi connectivity index (χ1n) is 27.3. The van der Waals surface area contributed by atoms with Crippen molar-refractivity contribution in [1.82, 2.24) is 0 Å². The van der Waals surface area contributed by atoms with Gasteiger partial charge in [0.1, 0.15) is 85.5 Å². The molecule has 12 N–H and O–H groups in total. The minimum atomic E-state index is -1.76. The third kappa shape index (κ3) is 9.62. The maximum Gasteiger partial charge on any atom is 0.187 e. The van der Waals surface area contributed by atoms with Gasteiger partial charge in [0, 0.05) is 19.4 Å². The largest absolute Gasteiger partial charge is 0.394 e. The zero-order chi connectivity index (χ0) is 54.0. The highest BCUT2D eigenvalue weighted by Crippen LogP contribution is 2.71. The molecule has 0 amide bonds. The molecule has 75 heavy (non-hydrogen) atoms. The zero-order valence-corrected chi connectivity index (χ0v) is 43.9. The topological polar surface area (TPSA) is 344 Å². The maximum absolute atomic E-state index is 12.1. The zero-order valence-electron chi connectivity index (χ0n) is 43.9. The van der Waals surface area contributed by atoms with Crippen LogP contribution in [-0.4, -0.2) is 241 Å². The summed E-state index contributed by atoms with van der Waals surface area (Å²) in [5, 5.41) is 127. The van der Waals surface area contributed by atoms with Gasteiger partial charge in [-0.3, -0.25) is 0 Å².